The first-order valence-corrected chi connectivity index (χ1v) is 6.96. The Balaban J connectivity index is -0.000000303. The number of hydroxylamine groups is 2. The Morgan fingerprint density at radius 1 is 1.20 bits per heavy atom. The Morgan fingerprint density at radius 2 is 1.76 bits per heavy atom. The molecule has 1 aromatic rings. The smallest absolute Gasteiger partial charge is 0.103 e. The first-order valence-electron chi connectivity index (χ1n) is 6.96. The van der Waals surface area contributed by atoms with Crippen LogP contribution in [0.3, 0.4) is 0 Å². The summed E-state index contributed by atoms with van der Waals surface area (Å²) in [5.41, 5.74) is 6.04. The second-order valence-electron chi connectivity index (χ2n) is 4.28. The minimum atomic E-state index is 0. The second kappa shape index (κ2) is 20.0. The van der Waals surface area contributed by atoms with Crippen molar-refractivity contribution in [1.29, 1.82) is 0 Å². The van der Waals surface area contributed by atoms with Gasteiger partial charge in [-0.3, -0.25) is 21.0 Å². The quantitative estimate of drug-likeness (QED) is 0.238. The van der Waals surface area contributed by atoms with E-state index in [1.54, 1.807) is 45.0 Å². The van der Waals surface area contributed by atoms with Crippen molar-refractivity contribution < 1.29 is 26.8 Å². The van der Waals surface area contributed by atoms with Gasteiger partial charge in [0.1, 0.15) is 11.4 Å². The van der Waals surface area contributed by atoms with E-state index in [2.05, 4.69) is 32.7 Å². The average Bonchev–Trinajstić information content (AvgIpc) is 3.20. The Morgan fingerprint density at radius 3 is 2.04 bits per heavy atom. The van der Waals surface area contributed by atoms with E-state index in [0.29, 0.717) is 30.1 Å². The molecule has 0 aromatic carbocycles. The van der Waals surface area contributed by atoms with Gasteiger partial charge in [0.05, 0.1) is 17.7 Å². The number of aromatic nitrogens is 2. The molecule has 10 nitrogen and oxygen atoms in total. The maximum atomic E-state index is 9.96. The molecule has 11 heteroatoms. The van der Waals surface area contributed by atoms with Gasteiger partial charge in [0.2, 0.25) is 0 Å². The van der Waals surface area contributed by atoms with Crippen LogP contribution in [0.2, 0.25) is 0 Å². The third kappa shape index (κ3) is 18.1. The summed E-state index contributed by atoms with van der Waals surface area (Å²) < 4.78 is 0. The fraction of sp³-hybridized carbons (Fsp3) is 0.429. The standard InChI is InChI=1S/C7H13N2O2.C4H8N2O2.C3H4N2.Co/c1-4-5-11-9-7(3)6(2)8-10;1-3(5-7)4(2)6-8;1-2-5-3-4-1;/h9H,1,4-5H2,2-3H3;5,7H,1-2H3;1-3H,(H,4,5);/q-1;;;. The molecule has 0 unspecified atom stereocenters. The first kappa shape index (κ1) is 27.8. The van der Waals surface area contributed by atoms with Crippen LogP contribution < -0.4 is 11.0 Å². The fourth-order valence-electron chi connectivity index (χ4n) is 0.738. The number of hydrogen-bond donors (Lipinski definition) is 4. The SMILES string of the molecule is CC(N=O)=C(C)NO.[CH2-]CCONC(C)=C(C)N=O.[Co].c1c[nH]cn1. The molecule has 4 N–H and O–H groups in total. The molecule has 0 saturated heterocycles. The number of nitrogens with zero attached hydrogens (tertiary/aromatic N) is 3. The third-order valence-corrected chi connectivity index (χ3v) is 2.40. The topological polar surface area (TPSA) is 141 Å². The molecule has 0 fully saturated rings. The summed E-state index contributed by atoms with van der Waals surface area (Å²) in [6.07, 6.45) is 5.77. The van der Waals surface area contributed by atoms with Gasteiger partial charge in [-0.25, -0.2) is 4.98 Å². The largest absolute Gasteiger partial charge is 0.351 e. The Bertz CT molecular complexity index is 488. The van der Waals surface area contributed by atoms with E-state index in [-0.39, 0.29) is 22.5 Å². The summed E-state index contributed by atoms with van der Waals surface area (Å²) in [6.45, 7) is 10.5. The summed E-state index contributed by atoms with van der Waals surface area (Å²) >= 11 is 0. The summed E-state index contributed by atoms with van der Waals surface area (Å²) in [5, 5.41) is 13.4. The van der Waals surface area contributed by atoms with Gasteiger partial charge in [0.25, 0.3) is 0 Å². The van der Waals surface area contributed by atoms with Crippen molar-refractivity contribution in [3.63, 3.8) is 0 Å². The first-order chi connectivity index (χ1) is 11.4. The number of aromatic amines is 1. The molecule has 1 heterocycles. The maximum Gasteiger partial charge on any atom is 0.103 e. The van der Waals surface area contributed by atoms with Crippen LogP contribution in [0.15, 0.2) is 51.9 Å². The molecular formula is C14H25CoN6O4-. The van der Waals surface area contributed by atoms with Crippen LogP contribution >= 0.6 is 0 Å². The van der Waals surface area contributed by atoms with E-state index in [9.17, 15) is 9.81 Å². The zero-order valence-corrected chi connectivity index (χ0v) is 15.7. The number of rotatable bonds is 7. The molecule has 1 rings (SSSR count). The summed E-state index contributed by atoms with van der Waals surface area (Å²) in [5.74, 6) is 0. The van der Waals surface area contributed by atoms with Gasteiger partial charge >= 0.3 is 0 Å². The number of hydrogen-bond acceptors (Lipinski definition) is 9. The van der Waals surface area contributed by atoms with Crippen molar-refractivity contribution in [2.24, 2.45) is 10.4 Å². The predicted molar refractivity (Wildman–Crippen MR) is 90.9 cm³/mol. The van der Waals surface area contributed by atoms with Gasteiger partial charge in [-0.05, 0) is 38.0 Å². The molecular weight excluding hydrogens is 375 g/mol. The van der Waals surface area contributed by atoms with Crippen molar-refractivity contribution >= 4 is 0 Å². The summed E-state index contributed by atoms with van der Waals surface area (Å²) in [4.78, 5) is 30.9. The van der Waals surface area contributed by atoms with E-state index in [4.69, 9.17) is 10.0 Å². The van der Waals surface area contributed by atoms with Crippen molar-refractivity contribution in [2.75, 3.05) is 6.61 Å². The fourth-order valence-corrected chi connectivity index (χ4v) is 0.738. The van der Waals surface area contributed by atoms with E-state index < -0.39 is 0 Å². The van der Waals surface area contributed by atoms with Crippen LogP contribution in [0.25, 0.3) is 0 Å². The molecule has 1 radical (unpaired) electrons. The van der Waals surface area contributed by atoms with Gasteiger partial charge in [-0.15, -0.1) is 9.81 Å². The number of imidazole rings is 1. The number of nitroso groups, excluding NO2 is 2. The second-order valence-corrected chi connectivity index (χ2v) is 4.28. The van der Waals surface area contributed by atoms with Crippen LogP contribution in [0, 0.1) is 16.7 Å². The van der Waals surface area contributed by atoms with E-state index >= 15 is 0 Å². The average molecular weight is 400 g/mol. The Hall–Kier alpha value is -2.08. The number of H-pyrrole nitrogens is 1. The minimum absolute atomic E-state index is 0. The third-order valence-electron chi connectivity index (χ3n) is 2.40. The molecule has 1 aromatic heterocycles. The zero-order chi connectivity index (χ0) is 18.8. The predicted octanol–water partition coefficient (Wildman–Crippen LogP) is 3.14. The van der Waals surface area contributed by atoms with Crippen LogP contribution in [0.1, 0.15) is 34.1 Å². The van der Waals surface area contributed by atoms with Crippen molar-refractivity contribution in [2.45, 2.75) is 34.1 Å². The molecule has 0 aliphatic rings. The molecule has 0 spiro atoms. The number of allylic oxidation sites excluding steroid dienone is 4. The van der Waals surface area contributed by atoms with E-state index in [1.165, 1.54) is 6.92 Å². The van der Waals surface area contributed by atoms with Crippen molar-refractivity contribution in [3.05, 3.63) is 58.2 Å². The molecule has 0 saturated carbocycles. The monoisotopic (exact) mass is 400 g/mol. The van der Waals surface area contributed by atoms with Crippen LogP contribution in [-0.2, 0) is 21.6 Å². The van der Waals surface area contributed by atoms with Crippen molar-refractivity contribution in [3.8, 4) is 0 Å². The molecule has 0 amide bonds. The van der Waals surface area contributed by atoms with Crippen LogP contribution in [0.4, 0.5) is 0 Å². The molecule has 0 bridgehead atoms. The Kier molecular flexibility index (Phi) is 22.2. The zero-order valence-electron chi connectivity index (χ0n) is 14.7. The van der Waals surface area contributed by atoms with Crippen molar-refractivity contribution in [1.82, 2.24) is 20.9 Å². The molecule has 0 atom stereocenters. The number of nitrogens with one attached hydrogen (secondary N) is 3. The normalized spacial score (nSPS) is 11.0. The van der Waals surface area contributed by atoms with Gasteiger partial charge in [-0.2, -0.15) is 6.42 Å². The molecule has 0 aliphatic heterocycles. The van der Waals surface area contributed by atoms with Gasteiger partial charge < -0.3 is 11.9 Å². The van der Waals surface area contributed by atoms with E-state index in [1.807, 2.05) is 0 Å². The minimum Gasteiger partial charge on any atom is -0.351 e. The summed E-state index contributed by atoms with van der Waals surface area (Å²) in [6, 6.07) is 0. The van der Waals surface area contributed by atoms with Crippen LogP contribution in [0.5, 0.6) is 0 Å². The maximum absolute atomic E-state index is 9.96. The van der Waals surface area contributed by atoms with Crippen LogP contribution in [-0.4, -0.2) is 21.8 Å². The molecule has 145 valence electrons. The Labute approximate surface area is 157 Å². The molecule has 25 heavy (non-hydrogen) atoms. The molecule has 0 aliphatic carbocycles. The van der Waals surface area contributed by atoms with E-state index in [0.717, 1.165) is 0 Å². The van der Waals surface area contributed by atoms with Gasteiger partial charge in [0, 0.05) is 35.8 Å². The summed E-state index contributed by atoms with van der Waals surface area (Å²) in [7, 11) is 0. The van der Waals surface area contributed by atoms with Gasteiger partial charge in [0.15, 0.2) is 0 Å². The van der Waals surface area contributed by atoms with Gasteiger partial charge in [-0.1, -0.05) is 0 Å².